The maximum absolute atomic E-state index is 13.2. The number of amides is 1. The molecule has 0 bridgehead atoms. The van der Waals surface area contributed by atoms with Gasteiger partial charge in [-0.1, -0.05) is 23.2 Å². The summed E-state index contributed by atoms with van der Waals surface area (Å²) in [7, 11) is 1.50. The van der Waals surface area contributed by atoms with E-state index in [2.05, 4.69) is 30.5 Å². The van der Waals surface area contributed by atoms with E-state index >= 15 is 0 Å². The van der Waals surface area contributed by atoms with Gasteiger partial charge in [-0.15, -0.1) is 5.10 Å². The molecule has 0 aliphatic heterocycles. The topological polar surface area (TPSA) is 157 Å². The van der Waals surface area contributed by atoms with Crippen molar-refractivity contribution in [2.24, 2.45) is 0 Å². The maximum atomic E-state index is 13.2. The molecule has 0 radical (unpaired) electrons. The standard InChI is InChI=1S/C26H23Cl2N9O4/c1-15-9-16(19-11-17(27)3-6-21(19)37-14-30-33-34-37)10-23(38)36(15)13-22-31-24(25(28)32-22)20-5-4-18(12-29-20)35(26(39)40)7-8-41-2/h3-6,9-12,14H,7-8,13H2,1-2H3,(H,31,32)(H,39,40). The van der Waals surface area contributed by atoms with Crippen molar-refractivity contribution in [3.63, 3.8) is 0 Å². The number of H-pyrrole nitrogens is 1. The normalized spacial score (nSPS) is 11.1. The summed E-state index contributed by atoms with van der Waals surface area (Å²) in [5.41, 5.74) is 3.73. The zero-order valence-corrected chi connectivity index (χ0v) is 23.3. The summed E-state index contributed by atoms with van der Waals surface area (Å²) in [5, 5.41) is 21.5. The van der Waals surface area contributed by atoms with E-state index in [4.69, 9.17) is 27.9 Å². The number of carbonyl (C=O) groups is 1. The summed E-state index contributed by atoms with van der Waals surface area (Å²) in [4.78, 5) is 37.8. The van der Waals surface area contributed by atoms with Crippen molar-refractivity contribution in [3.05, 3.63) is 87.0 Å². The van der Waals surface area contributed by atoms with Crippen molar-refractivity contribution in [2.45, 2.75) is 13.5 Å². The van der Waals surface area contributed by atoms with Crippen LogP contribution in [0.2, 0.25) is 10.2 Å². The predicted molar refractivity (Wildman–Crippen MR) is 152 cm³/mol. The molecule has 0 saturated heterocycles. The lowest BCUT2D eigenvalue weighted by Gasteiger charge is -2.18. The minimum atomic E-state index is -1.12. The highest BCUT2D eigenvalue weighted by Gasteiger charge is 2.18. The number of hydrogen-bond acceptors (Lipinski definition) is 8. The predicted octanol–water partition coefficient (Wildman–Crippen LogP) is 4.07. The minimum absolute atomic E-state index is 0.127. The molecule has 0 unspecified atom stereocenters. The molecule has 13 nitrogen and oxygen atoms in total. The number of methoxy groups -OCH3 is 1. The second-order valence-corrected chi connectivity index (χ2v) is 9.70. The molecular formula is C26H23Cl2N9O4. The molecule has 210 valence electrons. The zero-order chi connectivity index (χ0) is 29.1. The number of benzene rings is 1. The van der Waals surface area contributed by atoms with Crippen molar-refractivity contribution in [3.8, 4) is 28.2 Å². The quantitative estimate of drug-likeness (QED) is 0.256. The lowest BCUT2D eigenvalue weighted by Crippen LogP contribution is -2.32. The second kappa shape index (κ2) is 11.9. The summed E-state index contributed by atoms with van der Waals surface area (Å²) in [6.45, 7) is 2.34. The fraction of sp³-hybridized carbons (Fsp3) is 0.192. The molecule has 0 fully saturated rings. The third-order valence-electron chi connectivity index (χ3n) is 6.28. The van der Waals surface area contributed by atoms with Crippen LogP contribution in [-0.4, -0.2) is 71.2 Å². The van der Waals surface area contributed by atoms with Crippen molar-refractivity contribution >= 4 is 35.0 Å². The Morgan fingerprint density at radius 3 is 2.66 bits per heavy atom. The Kier molecular flexibility index (Phi) is 8.10. The van der Waals surface area contributed by atoms with E-state index in [9.17, 15) is 14.7 Å². The fourth-order valence-corrected chi connectivity index (χ4v) is 4.72. The van der Waals surface area contributed by atoms with Gasteiger partial charge < -0.3 is 19.4 Å². The first kappa shape index (κ1) is 28.0. The number of nitrogens with zero attached hydrogens (tertiary/aromatic N) is 8. The van der Waals surface area contributed by atoms with E-state index in [0.29, 0.717) is 50.4 Å². The van der Waals surface area contributed by atoms with Gasteiger partial charge in [0.25, 0.3) is 5.56 Å². The number of aryl methyl sites for hydroxylation is 1. The van der Waals surface area contributed by atoms with E-state index in [-0.39, 0.29) is 30.4 Å². The van der Waals surface area contributed by atoms with E-state index in [1.165, 1.54) is 30.4 Å². The molecule has 2 N–H and O–H groups in total. The van der Waals surface area contributed by atoms with E-state index < -0.39 is 6.09 Å². The summed E-state index contributed by atoms with van der Waals surface area (Å²) in [5.74, 6) is 0.443. The summed E-state index contributed by atoms with van der Waals surface area (Å²) in [6.07, 6.45) is 1.78. The number of hydrogen-bond donors (Lipinski definition) is 2. The van der Waals surface area contributed by atoms with Gasteiger partial charge in [0.15, 0.2) is 5.15 Å². The average molecular weight is 596 g/mol. The van der Waals surface area contributed by atoms with Crippen molar-refractivity contribution < 1.29 is 14.6 Å². The Bertz CT molecular complexity index is 1750. The van der Waals surface area contributed by atoms with Crippen LogP contribution >= 0.6 is 23.2 Å². The molecule has 5 aromatic rings. The third kappa shape index (κ3) is 5.96. The van der Waals surface area contributed by atoms with Crippen molar-refractivity contribution in [1.82, 2.24) is 39.7 Å². The molecular weight excluding hydrogens is 573 g/mol. The Labute approximate surface area is 243 Å². The molecule has 1 amide bonds. The van der Waals surface area contributed by atoms with Crippen LogP contribution in [-0.2, 0) is 11.3 Å². The van der Waals surface area contributed by atoms with Gasteiger partial charge in [0.05, 0.1) is 43.0 Å². The fourth-order valence-electron chi connectivity index (χ4n) is 4.30. The maximum Gasteiger partial charge on any atom is 0.411 e. The van der Waals surface area contributed by atoms with Crippen LogP contribution in [0.1, 0.15) is 11.5 Å². The van der Waals surface area contributed by atoms with Crippen LogP contribution in [0.3, 0.4) is 0 Å². The zero-order valence-electron chi connectivity index (χ0n) is 21.8. The van der Waals surface area contributed by atoms with Crippen LogP contribution in [0, 0.1) is 6.92 Å². The van der Waals surface area contributed by atoms with Gasteiger partial charge >= 0.3 is 6.09 Å². The molecule has 41 heavy (non-hydrogen) atoms. The number of anilines is 1. The summed E-state index contributed by atoms with van der Waals surface area (Å²) >= 11 is 12.7. The monoisotopic (exact) mass is 595 g/mol. The first-order valence-corrected chi connectivity index (χ1v) is 13.0. The number of nitrogens with one attached hydrogen (secondary N) is 1. The highest BCUT2D eigenvalue weighted by atomic mass is 35.5. The Hall–Kier alpha value is -4.59. The van der Waals surface area contributed by atoms with Gasteiger partial charge in [0.2, 0.25) is 0 Å². The Morgan fingerprint density at radius 2 is 2.00 bits per heavy atom. The molecule has 4 heterocycles. The highest BCUT2D eigenvalue weighted by molar-refractivity contribution is 6.32. The molecule has 0 aliphatic carbocycles. The summed E-state index contributed by atoms with van der Waals surface area (Å²) < 4.78 is 8.04. The molecule has 0 saturated carbocycles. The molecule has 0 aliphatic rings. The molecule has 0 atom stereocenters. The molecule has 0 spiro atoms. The smallest absolute Gasteiger partial charge is 0.411 e. The van der Waals surface area contributed by atoms with Gasteiger partial charge in [0, 0.05) is 29.5 Å². The SMILES string of the molecule is COCCN(C(=O)O)c1ccc(-c2[nH]c(Cn3c(C)cc(-c4cc(Cl)ccc4-n4cnnn4)cc3=O)nc2Cl)nc1. The molecule has 5 rings (SSSR count). The number of aromatic nitrogens is 8. The molecule has 15 heteroatoms. The lowest BCUT2D eigenvalue weighted by molar-refractivity contribution is 0.186. The largest absolute Gasteiger partial charge is 0.465 e. The van der Waals surface area contributed by atoms with Crippen LogP contribution in [0.25, 0.3) is 28.2 Å². The number of imidazole rings is 1. The number of carboxylic acid groups (broad SMARTS) is 1. The number of ether oxygens (including phenoxy) is 1. The average Bonchev–Trinajstić information content (AvgIpc) is 3.61. The first-order chi connectivity index (χ1) is 19.7. The van der Waals surface area contributed by atoms with Crippen molar-refractivity contribution in [1.29, 1.82) is 0 Å². The number of aromatic amines is 1. The minimum Gasteiger partial charge on any atom is -0.465 e. The van der Waals surface area contributed by atoms with E-state index in [1.54, 1.807) is 34.9 Å². The Balaban J connectivity index is 1.41. The van der Waals surface area contributed by atoms with Gasteiger partial charge in [-0.25, -0.2) is 9.78 Å². The van der Waals surface area contributed by atoms with E-state index in [1.807, 2.05) is 13.0 Å². The molecule has 1 aromatic carbocycles. The van der Waals surface area contributed by atoms with Gasteiger partial charge in [-0.05, 0) is 59.3 Å². The number of rotatable bonds is 9. The number of halogens is 2. The van der Waals surface area contributed by atoms with E-state index in [0.717, 1.165) is 4.90 Å². The number of pyridine rings is 2. The second-order valence-electron chi connectivity index (χ2n) is 8.90. The highest BCUT2D eigenvalue weighted by Crippen LogP contribution is 2.30. The number of tetrazole rings is 1. The van der Waals surface area contributed by atoms with Gasteiger partial charge in [-0.2, -0.15) is 4.68 Å². The molecule has 4 aromatic heterocycles. The Morgan fingerprint density at radius 1 is 1.17 bits per heavy atom. The van der Waals surface area contributed by atoms with Crippen LogP contribution in [0.5, 0.6) is 0 Å². The first-order valence-electron chi connectivity index (χ1n) is 12.2. The van der Waals surface area contributed by atoms with Crippen LogP contribution < -0.4 is 10.5 Å². The third-order valence-corrected chi connectivity index (χ3v) is 6.79. The van der Waals surface area contributed by atoms with Crippen LogP contribution in [0.15, 0.2) is 59.8 Å². The lowest BCUT2D eigenvalue weighted by atomic mass is 10.0. The van der Waals surface area contributed by atoms with Gasteiger partial charge in [-0.3, -0.25) is 14.7 Å². The van der Waals surface area contributed by atoms with Crippen LogP contribution in [0.4, 0.5) is 10.5 Å². The van der Waals surface area contributed by atoms with Gasteiger partial charge in [0.1, 0.15) is 17.8 Å². The van der Waals surface area contributed by atoms with Crippen molar-refractivity contribution in [2.75, 3.05) is 25.2 Å². The summed E-state index contributed by atoms with van der Waals surface area (Å²) in [6, 6.07) is 11.9.